The number of nitrogens with one attached hydrogen (secondary N) is 2. The highest BCUT2D eigenvalue weighted by atomic mass is 32.2. The first-order valence-corrected chi connectivity index (χ1v) is 10.1. The van der Waals surface area contributed by atoms with Gasteiger partial charge in [0, 0.05) is 23.4 Å². The minimum atomic E-state index is -0.527. The molecule has 0 saturated heterocycles. The summed E-state index contributed by atoms with van der Waals surface area (Å²) in [6.07, 6.45) is 3.78. The molecule has 0 fully saturated rings. The van der Waals surface area contributed by atoms with Crippen molar-refractivity contribution < 1.29 is 9.59 Å². The number of aryl methyl sites for hydroxylation is 1. The van der Waals surface area contributed by atoms with Crippen molar-refractivity contribution in [2.45, 2.75) is 23.6 Å². The maximum atomic E-state index is 12.6. The van der Waals surface area contributed by atoms with Crippen molar-refractivity contribution in [2.24, 2.45) is 0 Å². The lowest BCUT2D eigenvalue weighted by molar-refractivity contribution is 0.0971. The molecule has 0 atom stereocenters. The molecule has 2 heterocycles. The Morgan fingerprint density at radius 3 is 2.92 bits per heavy atom. The maximum Gasteiger partial charge on any atom is 0.261 e. The van der Waals surface area contributed by atoms with Crippen LogP contribution in [-0.4, -0.2) is 27.9 Å². The van der Waals surface area contributed by atoms with Crippen molar-refractivity contribution in [3.05, 3.63) is 51.4 Å². The van der Waals surface area contributed by atoms with Gasteiger partial charge in [-0.2, -0.15) is 0 Å². The SMILES string of the molecule is CSc1nc2ccc(NC(=O)c3cc4c([nH]c3=O)CCCC4=O)cc2s1. The van der Waals surface area contributed by atoms with Gasteiger partial charge in [0.05, 0.1) is 10.2 Å². The molecular formula is C18H15N3O3S2. The molecule has 0 spiro atoms. The predicted octanol–water partition coefficient (Wildman–Crippen LogP) is 3.48. The Labute approximate surface area is 157 Å². The Balaban J connectivity index is 1.65. The number of fused-ring (bicyclic) bond motifs is 2. The van der Waals surface area contributed by atoms with E-state index in [1.807, 2.05) is 18.4 Å². The molecule has 6 nitrogen and oxygen atoms in total. The molecule has 3 aromatic rings. The number of Topliss-reactive ketones (excluding diaryl/α,β-unsaturated/α-hetero) is 1. The lowest BCUT2D eigenvalue weighted by atomic mass is 9.93. The summed E-state index contributed by atoms with van der Waals surface area (Å²) in [5.41, 5.74) is 2.01. The number of aromatic nitrogens is 2. The second-order valence-electron chi connectivity index (χ2n) is 6.00. The zero-order valence-corrected chi connectivity index (χ0v) is 15.6. The number of ketones is 1. The van der Waals surface area contributed by atoms with Gasteiger partial charge < -0.3 is 10.3 Å². The van der Waals surface area contributed by atoms with Gasteiger partial charge in [0.15, 0.2) is 10.1 Å². The number of rotatable bonds is 3. The predicted molar refractivity (Wildman–Crippen MR) is 104 cm³/mol. The summed E-state index contributed by atoms with van der Waals surface area (Å²) >= 11 is 3.11. The zero-order valence-electron chi connectivity index (χ0n) is 13.9. The van der Waals surface area contributed by atoms with E-state index >= 15 is 0 Å². The smallest absolute Gasteiger partial charge is 0.261 e. The van der Waals surface area contributed by atoms with Gasteiger partial charge in [-0.25, -0.2) is 4.98 Å². The Morgan fingerprint density at radius 2 is 2.12 bits per heavy atom. The van der Waals surface area contributed by atoms with Crippen LogP contribution in [-0.2, 0) is 6.42 Å². The second-order valence-corrected chi connectivity index (χ2v) is 8.09. The normalized spacial score (nSPS) is 13.7. The van der Waals surface area contributed by atoms with E-state index in [0.717, 1.165) is 21.0 Å². The lowest BCUT2D eigenvalue weighted by Gasteiger charge is -2.15. The van der Waals surface area contributed by atoms with E-state index in [4.69, 9.17) is 0 Å². The number of amides is 1. The van der Waals surface area contributed by atoms with Gasteiger partial charge >= 0.3 is 0 Å². The van der Waals surface area contributed by atoms with Gasteiger partial charge in [-0.3, -0.25) is 14.4 Å². The Kier molecular flexibility index (Phi) is 4.37. The van der Waals surface area contributed by atoms with Crippen molar-refractivity contribution in [3.8, 4) is 0 Å². The number of H-pyrrole nitrogens is 1. The summed E-state index contributed by atoms with van der Waals surface area (Å²) in [5.74, 6) is -0.561. The zero-order chi connectivity index (χ0) is 18.3. The van der Waals surface area contributed by atoms with Crippen molar-refractivity contribution in [3.63, 3.8) is 0 Å². The number of aromatic amines is 1. The maximum absolute atomic E-state index is 12.6. The highest BCUT2D eigenvalue weighted by Gasteiger charge is 2.22. The van der Waals surface area contributed by atoms with Gasteiger partial charge in [-0.05, 0) is 43.4 Å². The van der Waals surface area contributed by atoms with Crippen molar-refractivity contribution in [1.29, 1.82) is 0 Å². The van der Waals surface area contributed by atoms with Gasteiger partial charge in [0.1, 0.15) is 5.56 Å². The van der Waals surface area contributed by atoms with E-state index in [1.54, 1.807) is 29.2 Å². The molecule has 132 valence electrons. The molecule has 1 amide bonds. The standard InChI is InChI=1S/C18H15N3O3S2/c1-25-18-21-13-6-5-9(7-15(13)26-18)19-16(23)11-8-10-12(20-17(11)24)3-2-4-14(10)22/h5-8H,2-4H2,1H3,(H,19,23)(H,20,24). The van der Waals surface area contributed by atoms with Crippen molar-refractivity contribution >= 4 is 50.7 Å². The van der Waals surface area contributed by atoms with E-state index in [-0.39, 0.29) is 11.3 Å². The fourth-order valence-electron chi connectivity index (χ4n) is 3.01. The Bertz CT molecular complexity index is 1100. The van der Waals surface area contributed by atoms with Crippen LogP contribution in [0.25, 0.3) is 10.2 Å². The molecule has 2 aromatic heterocycles. The molecule has 0 saturated carbocycles. The first-order valence-electron chi connectivity index (χ1n) is 8.10. The Hall–Kier alpha value is -2.45. The van der Waals surface area contributed by atoms with Crippen LogP contribution >= 0.6 is 23.1 Å². The largest absolute Gasteiger partial charge is 0.325 e. The van der Waals surface area contributed by atoms with Crippen LogP contribution in [0.4, 0.5) is 5.69 Å². The van der Waals surface area contributed by atoms with Gasteiger partial charge in [0.25, 0.3) is 11.5 Å². The first-order chi connectivity index (χ1) is 12.5. The number of carbonyl (C=O) groups excluding carboxylic acids is 2. The van der Waals surface area contributed by atoms with E-state index in [2.05, 4.69) is 15.3 Å². The fourth-order valence-corrected chi connectivity index (χ4v) is 4.54. The van der Waals surface area contributed by atoms with Crippen LogP contribution < -0.4 is 10.9 Å². The summed E-state index contributed by atoms with van der Waals surface area (Å²) in [5, 5.41) is 2.74. The van der Waals surface area contributed by atoms with Crippen LogP contribution in [0.5, 0.6) is 0 Å². The summed E-state index contributed by atoms with van der Waals surface area (Å²) in [4.78, 5) is 44.0. The number of hydrogen-bond acceptors (Lipinski definition) is 6. The van der Waals surface area contributed by atoms with E-state index < -0.39 is 11.5 Å². The summed E-state index contributed by atoms with van der Waals surface area (Å²) in [6, 6.07) is 6.84. The van der Waals surface area contributed by atoms with Crippen LogP contribution in [0.3, 0.4) is 0 Å². The number of carbonyl (C=O) groups is 2. The van der Waals surface area contributed by atoms with E-state index in [0.29, 0.717) is 29.8 Å². The number of pyridine rings is 1. The molecule has 4 rings (SSSR count). The summed E-state index contributed by atoms with van der Waals surface area (Å²) < 4.78 is 1.91. The lowest BCUT2D eigenvalue weighted by Crippen LogP contribution is -2.27. The molecule has 1 aliphatic rings. The number of hydrogen-bond donors (Lipinski definition) is 2. The molecule has 2 N–H and O–H groups in total. The van der Waals surface area contributed by atoms with E-state index in [1.165, 1.54) is 6.07 Å². The summed E-state index contributed by atoms with van der Waals surface area (Å²) in [7, 11) is 0. The minimum Gasteiger partial charge on any atom is -0.325 e. The average Bonchev–Trinajstić information content (AvgIpc) is 3.04. The highest BCUT2D eigenvalue weighted by Crippen LogP contribution is 2.30. The molecule has 8 heteroatoms. The molecule has 1 aliphatic carbocycles. The third-order valence-corrected chi connectivity index (χ3v) is 6.30. The molecular weight excluding hydrogens is 370 g/mol. The highest BCUT2D eigenvalue weighted by molar-refractivity contribution is 8.00. The third-order valence-electron chi connectivity index (χ3n) is 4.30. The van der Waals surface area contributed by atoms with Crippen molar-refractivity contribution in [1.82, 2.24) is 9.97 Å². The van der Waals surface area contributed by atoms with E-state index in [9.17, 15) is 14.4 Å². The number of thiazole rings is 1. The molecule has 26 heavy (non-hydrogen) atoms. The Morgan fingerprint density at radius 1 is 1.27 bits per heavy atom. The average molecular weight is 385 g/mol. The molecule has 1 aromatic carbocycles. The van der Waals surface area contributed by atoms with Crippen LogP contribution in [0.1, 0.15) is 39.3 Å². The number of thioether (sulfide) groups is 1. The van der Waals surface area contributed by atoms with Gasteiger partial charge in [-0.15, -0.1) is 11.3 Å². The summed E-state index contributed by atoms with van der Waals surface area (Å²) in [6.45, 7) is 0. The number of benzene rings is 1. The molecule has 0 aliphatic heterocycles. The third kappa shape index (κ3) is 3.06. The number of anilines is 1. The van der Waals surface area contributed by atoms with Gasteiger partial charge in [-0.1, -0.05) is 11.8 Å². The second kappa shape index (κ2) is 6.69. The molecule has 0 bridgehead atoms. The van der Waals surface area contributed by atoms with Gasteiger partial charge in [0.2, 0.25) is 0 Å². The minimum absolute atomic E-state index is 0.0350. The van der Waals surface area contributed by atoms with Crippen molar-refractivity contribution in [2.75, 3.05) is 11.6 Å². The molecule has 0 radical (unpaired) electrons. The van der Waals surface area contributed by atoms with Crippen LogP contribution in [0.2, 0.25) is 0 Å². The fraction of sp³-hybridized carbons (Fsp3) is 0.222. The first kappa shape index (κ1) is 17.0. The number of nitrogens with zero attached hydrogens (tertiary/aromatic N) is 1. The quantitative estimate of drug-likeness (QED) is 0.674. The molecule has 0 unspecified atom stereocenters. The monoisotopic (exact) mass is 385 g/mol. The van der Waals surface area contributed by atoms with Crippen LogP contribution in [0, 0.1) is 0 Å². The topological polar surface area (TPSA) is 91.9 Å². The van der Waals surface area contributed by atoms with Crippen LogP contribution in [0.15, 0.2) is 33.4 Å².